The Balaban J connectivity index is 0.00000225. The summed E-state index contributed by atoms with van der Waals surface area (Å²) >= 11 is 0. The summed E-state index contributed by atoms with van der Waals surface area (Å²) in [7, 11) is 0. The molecule has 1 aliphatic heterocycles. The van der Waals surface area contributed by atoms with Gasteiger partial charge in [0, 0.05) is 32.1 Å². The monoisotopic (exact) mass is 250 g/mol. The molecule has 0 radical (unpaired) electrons. The molecule has 0 bridgehead atoms. The van der Waals surface area contributed by atoms with Gasteiger partial charge in [0.15, 0.2) is 0 Å². The van der Waals surface area contributed by atoms with Crippen LogP contribution in [-0.4, -0.2) is 49.7 Å². The van der Waals surface area contributed by atoms with Crippen molar-refractivity contribution >= 4 is 18.3 Å². The van der Waals surface area contributed by atoms with E-state index in [9.17, 15) is 4.79 Å². The van der Waals surface area contributed by atoms with Gasteiger partial charge in [0.2, 0.25) is 5.91 Å². The van der Waals surface area contributed by atoms with Crippen LogP contribution in [0, 0.1) is 0 Å². The Labute approximate surface area is 104 Å². The zero-order valence-electron chi connectivity index (χ0n) is 10.2. The average Bonchev–Trinajstić information content (AvgIpc) is 2.27. The molecule has 1 rings (SSSR count). The van der Waals surface area contributed by atoms with Gasteiger partial charge in [-0.2, -0.15) is 0 Å². The Bertz CT molecular complexity index is 196. The number of amides is 1. The highest BCUT2D eigenvalue weighted by Gasteiger charge is 2.19. The maximum atomic E-state index is 11.9. The molecule has 1 aliphatic rings. The molecule has 16 heavy (non-hydrogen) atoms. The number of nitrogens with zero attached hydrogens (tertiary/aromatic N) is 1. The molecule has 1 unspecified atom stereocenters. The topological polar surface area (TPSA) is 41.6 Å². The first-order valence-corrected chi connectivity index (χ1v) is 5.86. The highest BCUT2D eigenvalue weighted by atomic mass is 35.5. The summed E-state index contributed by atoms with van der Waals surface area (Å²) in [6, 6.07) is 0.206. The third-order valence-electron chi connectivity index (χ3n) is 2.65. The second-order valence-electron chi connectivity index (χ2n) is 3.90. The number of hydrogen-bond acceptors (Lipinski definition) is 3. The Morgan fingerprint density at radius 1 is 1.50 bits per heavy atom. The standard InChI is InChI=1S/C11H22N2O2.ClH/c1-3-6-13(4-2)11(14)8-10-9-15-7-5-12-10;/h10,12H,3-9H2,1-2H3;1H. The first kappa shape index (κ1) is 15.7. The van der Waals surface area contributed by atoms with E-state index in [1.54, 1.807) is 0 Å². The lowest BCUT2D eigenvalue weighted by atomic mass is 10.1. The van der Waals surface area contributed by atoms with Gasteiger partial charge in [-0.1, -0.05) is 6.92 Å². The molecule has 0 aromatic heterocycles. The summed E-state index contributed by atoms with van der Waals surface area (Å²) in [6.45, 7) is 8.07. The smallest absolute Gasteiger partial charge is 0.224 e. The predicted octanol–water partition coefficient (Wildman–Crippen LogP) is 1.05. The third kappa shape index (κ3) is 5.14. The van der Waals surface area contributed by atoms with Gasteiger partial charge >= 0.3 is 0 Å². The number of ether oxygens (including phenoxy) is 1. The molecule has 1 saturated heterocycles. The van der Waals surface area contributed by atoms with Crippen molar-refractivity contribution in [1.82, 2.24) is 10.2 Å². The molecule has 4 nitrogen and oxygen atoms in total. The van der Waals surface area contributed by atoms with Gasteiger partial charge in [0.05, 0.1) is 13.2 Å². The molecule has 0 saturated carbocycles. The number of morpholine rings is 1. The van der Waals surface area contributed by atoms with Crippen molar-refractivity contribution in [2.45, 2.75) is 32.7 Å². The largest absolute Gasteiger partial charge is 0.378 e. The predicted molar refractivity (Wildman–Crippen MR) is 67.0 cm³/mol. The lowest BCUT2D eigenvalue weighted by Crippen LogP contribution is -2.45. The average molecular weight is 251 g/mol. The summed E-state index contributed by atoms with van der Waals surface area (Å²) in [6.07, 6.45) is 1.59. The first-order valence-electron chi connectivity index (χ1n) is 5.86. The van der Waals surface area contributed by atoms with E-state index < -0.39 is 0 Å². The minimum absolute atomic E-state index is 0. The fourth-order valence-corrected chi connectivity index (χ4v) is 1.82. The summed E-state index contributed by atoms with van der Waals surface area (Å²) < 4.78 is 5.32. The van der Waals surface area contributed by atoms with Gasteiger partial charge < -0.3 is 15.0 Å². The van der Waals surface area contributed by atoms with Crippen molar-refractivity contribution in [2.24, 2.45) is 0 Å². The van der Waals surface area contributed by atoms with Crippen LogP contribution in [0.5, 0.6) is 0 Å². The number of carbonyl (C=O) groups excluding carboxylic acids is 1. The normalized spacial score (nSPS) is 20.0. The van der Waals surface area contributed by atoms with E-state index in [0.29, 0.717) is 13.0 Å². The second kappa shape index (κ2) is 8.79. The van der Waals surface area contributed by atoms with Crippen LogP contribution in [0.1, 0.15) is 26.7 Å². The Hall–Kier alpha value is -0.320. The minimum atomic E-state index is 0. The maximum Gasteiger partial charge on any atom is 0.224 e. The van der Waals surface area contributed by atoms with Crippen molar-refractivity contribution in [1.29, 1.82) is 0 Å². The Kier molecular flexibility index (Phi) is 8.61. The van der Waals surface area contributed by atoms with Crippen LogP contribution in [0.25, 0.3) is 0 Å². The number of nitrogens with one attached hydrogen (secondary N) is 1. The van der Waals surface area contributed by atoms with E-state index in [-0.39, 0.29) is 24.4 Å². The second-order valence-corrected chi connectivity index (χ2v) is 3.90. The van der Waals surface area contributed by atoms with Gasteiger partial charge in [0.1, 0.15) is 0 Å². The maximum absolute atomic E-state index is 11.9. The van der Waals surface area contributed by atoms with Crippen LogP contribution in [0.15, 0.2) is 0 Å². The molecule has 96 valence electrons. The van der Waals surface area contributed by atoms with Gasteiger partial charge in [-0.3, -0.25) is 4.79 Å². The number of halogens is 1. The summed E-state index contributed by atoms with van der Waals surface area (Å²) in [4.78, 5) is 13.8. The molecular formula is C11H23ClN2O2. The summed E-state index contributed by atoms with van der Waals surface area (Å²) in [5.74, 6) is 0.238. The fourth-order valence-electron chi connectivity index (χ4n) is 1.82. The number of rotatable bonds is 5. The fraction of sp³-hybridized carbons (Fsp3) is 0.909. The SMILES string of the molecule is CCCN(CC)C(=O)CC1COCCN1.Cl. The van der Waals surface area contributed by atoms with E-state index >= 15 is 0 Å². The molecular weight excluding hydrogens is 228 g/mol. The molecule has 0 aromatic rings. The zero-order chi connectivity index (χ0) is 11.1. The third-order valence-corrected chi connectivity index (χ3v) is 2.65. The lowest BCUT2D eigenvalue weighted by molar-refractivity contribution is -0.132. The highest BCUT2D eigenvalue weighted by molar-refractivity contribution is 5.85. The molecule has 1 amide bonds. The van der Waals surface area contributed by atoms with Gasteiger partial charge in [-0.15, -0.1) is 12.4 Å². The lowest BCUT2D eigenvalue weighted by Gasteiger charge is -2.26. The Morgan fingerprint density at radius 2 is 2.25 bits per heavy atom. The van der Waals surface area contributed by atoms with Crippen LogP contribution in [-0.2, 0) is 9.53 Å². The highest BCUT2D eigenvalue weighted by Crippen LogP contribution is 2.03. The first-order chi connectivity index (χ1) is 7.27. The summed E-state index contributed by atoms with van der Waals surface area (Å²) in [5, 5.41) is 3.30. The van der Waals surface area contributed by atoms with E-state index in [4.69, 9.17) is 4.74 Å². The van der Waals surface area contributed by atoms with Crippen molar-refractivity contribution in [2.75, 3.05) is 32.8 Å². The van der Waals surface area contributed by atoms with Crippen molar-refractivity contribution in [3.63, 3.8) is 0 Å². The Morgan fingerprint density at radius 3 is 2.75 bits per heavy atom. The van der Waals surface area contributed by atoms with E-state index in [0.717, 1.165) is 32.7 Å². The van der Waals surface area contributed by atoms with Crippen molar-refractivity contribution in [3.05, 3.63) is 0 Å². The molecule has 0 spiro atoms. The molecule has 0 aromatic carbocycles. The van der Waals surface area contributed by atoms with E-state index in [1.165, 1.54) is 0 Å². The summed E-state index contributed by atoms with van der Waals surface area (Å²) in [5.41, 5.74) is 0. The quantitative estimate of drug-likeness (QED) is 0.793. The van der Waals surface area contributed by atoms with Crippen LogP contribution in [0.4, 0.5) is 0 Å². The van der Waals surface area contributed by atoms with Crippen molar-refractivity contribution < 1.29 is 9.53 Å². The number of carbonyl (C=O) groups is 1. The minimum Gasteiger partial charge on any atom is -0.378 e. The molecule has 1 heterocycles. The van der Waals surface area contributed by atoms with E-state index in [1.807, 2.05) is 11.8 Å². The van der Waals surface area contributed by atoms with Crippen LogP contribution >= 0.6 is 12.4 Å². The van der Waals surface area contributed by atoms with Crippen LogP contribution in [0.2, 0.25) is 0 Å². The van der Waals surface area contributed by atoms with Gasteiger partial charge in [-0.25, -0.2) is 0 Å². The van der Waals surface area contributed by atoms with E-state index in [2.05, 4.69) is 12.2 Å². The zero-order valence-corrected chi connectivity index (χ0v) is 11.0. The molecule has 1 fully saturated rings. The molecule has 1 atom stereocenters. The van der Waals surface area contributed by atoms with Crippen molar-refractivity contribution in [3.8, 4) is 0 Å². The van der Waals surface area contributed by atoms with Gasteiger partial charge in [0.25, 0.3) is 0 Å². The molecule has 0 aliphatic carbocycles. The van der Waals surface area contributed by atoms with Crippen LogP contribution < -0.4 is 5.32 Å². The van der Waals surface area contributed by atoms with Crippen LogP contribution in [0.3, 0.4) is 0 Å². The van der Waals surface area contributed by atoms with Gasteiger partial charge in [-0.05, 0) is 13.3 Å². The number of hydrogen-bond donors (Lipinski definition) is 1. The molecule has 1 N–H and O–H groups in total. The molecule has 5 heteroatoms.